The smallest absolute Gasteiger partial charge is 0.228 e. The Balaban J connectivity index is 2.08. The van der Waals surface area contributed by atoms with Gasteiger partial charge in [-0.1, -0.05) is 23.8 Å². The molecule has 4 nitrogen and oxygen atoms in total. The fourth-order valence-corrected chi connectivity index (χ4v) is 2.32. The molecule has 1 N–H and O–H groups in total. The van der Waals surface area contributed by atoms with Crippen molar-refractivity contribution in [1.29, 1.82) is 0 Å². The van der Waals surface area contributed by atoms with Gasteiger partial charge in [-0.25, -0.2) is 0 Å². The maximum absolute atomic E-state index is 12.2. The normalized spacial score (nSPS) is 10.2. The van der Waals surface area contributed by atoms with Gasteiger partial charge >= 0.3 is 0 Å². The minimum absolute atomic E-state index is 0.0563. The Morgan fingerprint density at radius 3 is 2.36 bits per heavy atom. The van der Waals surface area contributed by atoms with Crippen LogP contribution >= 0.6 is 0 Å². The van der Waals surface area contributed by atoms with Crippen LogP contribution in [0.15, 0.2) is 36.4 Å². The van der Waals surface area contributed by atoms with E-state index in [2.05, 4.69) is 5.32 Å². The Morgan fingerprint density at radius 1 is 1.00 bits per heavy atom. The van der Waals surface area contributed by atoms with Crippen LogP contribution in [0.5, 0.6) is 11.5 Å². The Labute approximate surface area is 131 Å². The number of carbonyl (C=O) groups excluding carboxylic acids is 1. The van der Waals surface area contributed by atoms with E-state index in [0.29, 0.717) is 11.5 Å². The molecule has 0 aliphatic rings. The first-order chi connectivity index (χ1) is 10.5. The molecule has 1 amide bonds. The Kier molecular flexibility index (Phi) is 5.04. The monoisotopic (exact) mass is 299 g/mol. The summed E-state index contributed by atoms with van der Waals surface area (Å²) in [7, 11) is 3.17. The summed E-state index contributed by atoms with van der Waals surface area (Å²) in [6.07, 6.45) is 0.285. The summed E-state index contributed by atoms with van der Waals surface area (Å²) in [6, 6.07) is 11.4. The lowest BCUT2D eigenvalue weighted by molar-refractivity contribution is -0.115. The van der Waals surface area contributed by atoms with Crippen molar-refractivity contribution in [3.8, 4) is 11.5 Å². The minimum Gasteiger partial charge on any atom is -0.493 e. The number of hydrogen-bond acceptors (Lipinski definition) is 3. The van der Waals surface area contributed by atoms with Crippen molar-refractivity contribution in [2.75, 3.05) is 19.5 Å². The third-order valence-corrected chi connectivity index (χ3v) is 3.47. The molecule has 2 aromatic rings. The first kappa shape index (κ1) is 15.9. The summed E-state index contributed by atoms with van der Waals surface area (Å²) in [5.74, 6) is 1.22. The number of aryl methyl sites for hydroxylation is 2. The maximum Gasteiger partial charge on any atom is 0.228 e. The number of methoxy groups -OCH3 is 2. The first-order valence-corrected chi connectivity index (χ1v) is 7.11. The van der Waals surface area contributed by atoms with Crippen LogP contribution in [0, 0.1) is 13.8 Å². The highest BCUT2D eigenvalue weighted by molar-refractivity contribution is 5.93. The van der Waals surface area contributed by atoms with E-state index in [1.807, 2.05) is 44.2 Å². The third-order valence-electron chi connectivity index (χ3n) is 3.47. The predicted molar refractivity (Wildman–Crippen MR) is 87.8 cm³/mol. The molecule has 22 heavy (non-hydrogen) atoms. The standard InChI is InChI=1S/C18H21NO3/c1-12-5-7-15(13(2)9-12)19-18(20)11-14-6-8-16(21-3)17(10-14)22-4/h5-10H,11H2,1-4H3,(H,19,20). The zero-order valence-corrected chi connectivity index (χ0v) is 13.4. The zero-order valence-electron chi connectivity index (χ0n) is 13.4. The minimum atomic E-state index is -0.0563. The number of nitrogens with one attached hydrogen (secondary N) is 1. The van der Waals surface area contributed by atoms with Crippen molar-refractivity contribution in [2.24, 2.45) is 0 Å². The van der Waals surface area contributed by atoms with Gasteiger partial charge in [-0.3, -0.25) is 4.79 Å². The van der Waals surface area contributed by atoms with E-state index in [1.165, 1.54) is 5.56 Å². The van der Waals surface area contributed by atoms with Crippen LogP contribution in [0.1, 0.15) is 16.7 Å². The second-order valence-electron chi connectivity index (χ2n) is 5.23. The molecule has 0 aliphatic heterocycles. The molecule has 0 fully saturated rings. The summed E-state index contributed by atoms with van der Waals surface area (Å²) < 4.78 is 10.4. The largest absolute Gasteiger partial charge is 0.493 e. The Bertz CT molecular complexity index is 680. The van der Waals surface area contributed by atoms with E-state index in [1.54, 1.807) is 20.3 Å². The highest BCUT2D eigenvalue weighted by Crippen LogP contribution is 2.27. The van der Waals surface area contributed by atoms with Crippen LogP contribution in [0.25, 0.3) is 0 Å². The fraction of sp³-hybridized carbons (Fsp3) is 0.278. The molecule has 0 atom stereocenters. The number of ether oxygens (including phenoxy) is 2. The summed E-state index contributed by atoms with van der Waals surface area (Å²) in [5, 5.41) is 2.94. The molecule has 0 unspecified atom stereocenters. The van der Waals surface area contributed by atoms with E-state index in [4.69, 9.17) is 9.47 Å². The van der Waals surface area contributed by atoms with Gasteiger partial charge in [-0.15, -0.1) is 0 Å². The Morgan fingerprint density at radius 2 is 1.73 bits per heavy atom. The maximum atomic E-state index is 12.2. The van der Waals surface area contributed by atoms with Crippen molar-refractivity contribution < 1.29 is 14.3 Å². The molecule has 0 bridgehead atoms. The summed E-state index contributed by atoms with van der Waals surface area (Å²) >= 11 is 0. The van der Waals surface area contributed by atoms with E-state index in [0.717, 1.165) is 16.8 Å². The molecule has 2 rings (SSSR count). The van der Waals surface area contributed by atoms with Gasteiger partial charge in [-0.2, -0.15) is 0 Å². The molecule has 0 aromatic heterocycles. The lowest BCUT2D eigenvalue weighted by Gasteiger charge is -2.11. The predicted octanol–water partition coefficient (Wildman–Crippen LogP) is 3.50. The van der Waals surface area contributed by atoms with Crippen LogP contribution in [-0.2, 0) is 11.2 Å². The van der Waals surface area contributed by atoms with Gasteiger partial charge in [-0.05, 0) is 43.2 Å². The number of rotatable bonds is 5. The summed E-state index contributed by atoms with van der Waals surface area (Å²) in [6.45, 7) is 4.02. The van der Waals surface area contributed by atoms with Crippen molar-refractivity contribution in [2.45, 2.75) is 20.3 Å². The quantitative estimate of drug-likeness (QED) is 0.919. The molecule has 2 aromatic carbocycles. The molecular weight excluding hydrogens is 278 g/mol. The van der Waals surface area contributed by atoms with Crippen molar-refractivity contribution in [3.63, 3.8) is 0 Å². The summed E-state index contributed by atoms with van der Waals surface area (Å²) in [5.41, 5.74) is 3.95. The molecule has 0 heterocycles. The van der Waals surface area contributed by atoms with Crippen LogP contribution in [-0.4, -0.2) is 20.1 Å². The number of benzene rings is 2. The number of hydrogen-bond donors (Lipinski definition) is 1. The van der Waals surface area contributed by atoms with Crippen molar-refractivity contribution in [3.05, 3.63) is 53.1 Å². The average Bonchev–Trinajstić information content (AvgIpc) is 2.50. The fourth-order valence-electron chi connectivity index (χ4n) is 2.32. The lowest BCUT2D eigenvalue weighted by atomic mass is 10.1. The first-order valence-electron chi connectivity index (χ1n) is 7.11. The van der Waals surface area contributed by atoms with Crippen molar-refractivity contribution >= 4 is 11.6 Å². The average molecular weight is 299 g/mol. The van der Waals surface area contributed by atoms with Crippen LogP contribution < -0.4 is 14.8 Å². The topological polar surface area (TPSA) is 47.6 Å². The molecule has 0 saturated heterocycles. The van der Waals surface area contributed by atoms with Gasteiger partial charge in [0.1, 0.15) is 0 Å². The molecular formula is C18H21NO3. The number of anilines is 1. The molecule has 116 valence electrons. The van der Waals surface area contributed by atoms with Gasteiger partial charge in [0.2, 0.25) is 5.91 Å². The molecule has 0 radical (unpaired) electrons. The molecule has 0 spiro atoms. The van der Waals surface area contributed by atoms with Gasteiger partial charge in [0.05, 0.1) is 20.6 Å². The second kappa shape index (κ2) is 6.98. The van der Waals surface area contributed by atoms with Gasteiger partial charge < -0.3 is 14.8 Å². The highest BCUT2D eigenvalue weighted by Gasteiger charge is 2.09. The van der Waals surface area contributed by atoms with Gasteiger partial charge in [0, 0.05) is 5.69 Å². The van der Waals surface area contributed by atoms with Gasteiger partial charge in [0.25, 0.3) is 0 Å². The van der Waals surface area contributed by atoms with E-state index in [-0.39, 0.29) is 12.3 Å². The van der Waals surface area contributed by atoms with E-state index in [9.17, 15) is 4.79 Å². The number of carbonyl (C=O) groups is 1. The van der Waals surface area contributed by atoms with Crippen LogP contribution in [0.4, 0.5) is 5.69 Å². The van der Waals surface area contributed by atoms with Crippen molar-refractivity contribution in [1.82, 2.24) is 0 Å². The molecule has 0 saturated carbocycles. The lowest BCUT2D eigenvalue weighted by Crippen LogP contribution is -2.15. The molecule has 0 aliphatic carbocycles. The Hall–Kier alpha value is -2.49. The number of amides is 1. The second-order valence-corrected chi connectivity index (χ2v) is 5.23. The van der Waals surface area contributed by atoms with E-state index < -0.39 is 0 Å². The van der Waals surface area contributed by atoms with Gasteiger partial charge in [0.15, 0.2) is 11.5 Å². The zero-order chi connectivity index (χ0) is 16.1. The van der Waals surface area contributed by atoms with Crippen LogP contribution in [0.2, 0.25) is 0 Å². The highest BCUT2D eigenvalue weighted by atomic mass is 16.5. The van der Waals surface area contributed by atoms with E-state index >= 15 is 0 Å². The van der Waals surface area contributed by atoms with Crippen LogP contribution in [0.3, 0.4) is 0 Å². The molecule has 4 heteroatoms. The SMILES string of the molecule is COc1ccc(CC(=O)Nc2ccc(C)cc2C)cc1OC. The summed E-state index contributed by atoms with van der Waals surface area (Å²) in [4.78, 5) is 12.2. The third kappa shape index (κ3) is 3.79.